The van der Waals surface area contributed by atoms with Crippen LogP contribution in [-0.4, -0.2) is 23.5 Å². The zero-order valence-corrected chi connectivity index (χ0v) is 18.4. The first-order valence-corrected chi connectivity index (χ1v) is 11.2. The summed E-state index contributed by atoms with van der Waals surface area (Å²) < 4.78 is 0. The highest BCUT2D eigenvalue weighted by atomic mass is 32.2. The van der Waals surface area contributed by atoms with Gasteiger partial charge in [0.1, 0.15) is 0 Å². The number of carbonyl (C=O) groups is 3. The van der Waals surface area contributed by atoms with Gasteiger partial charge in [0.25, 0.3) is 5.91 Å². The quantitative estimate of drug-likeness (QED) is 0.344. The Kier molecular flexibility index (Phi) is 6.71. The summed E-state index contributed by atoms with van der Waals surface area (Å²) in [5.74, 6) is -0.701. The lowest BCUT2D eigenvalue weighted by Gasteiger charge is -2.09. The van der Waals surface area contributed by atoms with Gasteiger partial charge < -0.3 is 16.4 Å². The summed E-state index contributed by atoms with van der Waals surface area (Å²) in [4.78, 5) is 36.9. The molecule has 0 radical (unpaired) electrons. The summed E-state index contributed by atoms with van der Waals surface area (Å²) in [5.41, 5.74) is 7.41. The minimum atomic E-state index is -0.518. The molecule has 4 rings (SSSR count). The third-order valence-corrected chi connectivity index (χ3v) is 5.92. The number of amides is 3. The first-order valence-electron chi connectivity index (χ1n) is 10.2. The number of primary amides is 1. The highest BCUT2D eigenvalue weighted by Gasteiger charge is 2.09. The number of fused-ring (bicyclic) bond motifs is 1. The number of nitrogens with two attached hydrogens (primary N) is 1. The Morgan fingerprint density at radius 2 is 1.42 bits per heavy atom. The average molecular weight is 456 g/mol. The van der Waals surface area contributed by atoms with Gasteiger partial charge in [0, 0.05) is 27.4 Å². The van der Waals surface area contributed by atoms with Crippen LogP contribution in [0.15, 0.2) is 95.9 Å². The monoisotopic (exact) mass is 455 g/mol. The molecule has 0 unspecified atom stereocenters. The molecule has 0 saturated carbocycles. The van der Waals surface area contributed by atoms with Gasteiger partial charge in [0.2, 0.25) is 11.8 Å². The molecule has 4 N–H and O–H groups in total. The van der Waals surface area contributed by atoms with Crippen molar-refractivity contribution in [3.63, 3.8) is 0 Å². The summed E-state index contributed by atoms with van der Waals surface area (Å²) >= 11 is 1.36. The van der Waals surface area contributed by atoms with Crippen LogP contribution < -0.4 is 16.4 Å². The Bertz CT molecular complexity index is 1340. The van der Waals surface area contributed by atoms with E-state index in [1.807, 2.05) is 60.7 Å². The second-order valence-electron chi connectivity index (χ2n) is 7.32. The van der Waals surface area contributed by atoms with Crippen LogP contribution in [0.5, 0.6) is 0 Å². The van der Waals surface area contributed by atoms with Gasteiger partial charge in [-0.25, -0.2) is 0 Å². The lowest BCUT2D eigenvalue weighted by atomic mass is 10.1. The van der Waals surface area contributed by atoms with E-state index in [2.05, 4.69) is 10.6 Å². The maximum Gasteiger partial charge on any atom is 0.255 e. The average Bonchev–Trinajstić information content (AvgIpc) is 2.83. The van der Waals surface area contributed by atoms with Crippen molar-refractivity contribution in [3.8, 4) is 0 Å². The van der Waals surface area contributed by atoms with Gasteiger partial charge >= 0.3 is 0 Å². The van der Waals surface area contributed by atoms with Crippen LogP contribution in [-0.2, 0) is 4.79 Å². The molecule has 7 heteroatoms. The van der Waals surface area contributed by atoms with E-state index in [1.165, 1.54) is 11.8 Å². The second-order valence-corrected chi connectivity index (χ2v) is 8.37. The Morgan fingerprint density at radius 3 is 2.18 bits per heavy atom. The molecule has 0 heterocycles. The highest BCUT2D eigenvalue weighted by Crippen LogP contribution is 2.23. The minimum Gasteiger partial charge on any atom is -0.366 e. The molecule has 4 aromatic carbocycles. The molecule has 164 valence electrons. The van der Waals surface area contributed by atoms with Gasteiger partial charge in [-0.2, -0.15) is 0 Å². The molecule has 33 heavy (non-hydrogen) atoms. The van der Waals surface area contributed by atoms with E-state index >= 15 is 0 Å². The van der Waals surface area contributed by atoms with Crippen LogP contribution in [0.2, 0.25) is 0 Å². The number of hydrogen-bond acceptors (Lipinski definition) is 4. The largest absolute Gasteiger partial charge is 0.366 e. The minimum absolute atomic E-state index is 0.183. The maximum absolute atomic E-state index is 12.7. The molecule has 0 aliphatic rings. The molecule has 0 bridgehead atoms. The van der Waals surface area contributed by atoms with Crippen LogP contribution >= 0.6 is 11.8 Å². The van der Waals surface area contributed by atoms with Gasteiger partial charge in [0.15, 0.2) is 0 Å². The molecule has 0 saturated heterocycles. The third-order valence-electron chi connectivity index (χ3n) is 4.93. The number of rotatable bonds is 7. The topological polar surface area (TPSA) is 101 Å². The van der Waals surface area contributed by atoms with E-state index in [4.69, 9.17) is 5.73 Å². The van der Waals surface area contributed by atoms with Crippen molar-refractivity contribution in [2.24, 2.45) is 5.73 Å². The lowest BCUT2D eigenvalue weighted by Crippen LogP contribution is -2.15. The van der Waals surface area contributed by atoms with Crippen LogP contribution in [0.1, 0.15) is 20.7 Å². The van der Waals surface area contributed by atoms with Crippen molar-refractivity contribution < 1.29 is 14.4 Å². The SMILES string of the molecule is NC(=O)c1ccc(NC(=O)CSc2cccc(NC(=O)c3ccc4ccccc4c3)c2)cc1. The van der Waals surface area contributed by atoms with Gasteiger partial charge in [-0.05, 0) is 65.4 Å². The molecule has 0 atom stereocenters. The van der Waals surface area contributed by atoms with Crippen LogP contribution in [0.25, 0.3) is 10.8 Å². The van der Waals surface area contributed by atoms with Gasteiger partial charge in [-0.3, -0.25) is 14.4 Å². The summed E-state index contributed by atoms with van der Waals surface area (Å²) in [6, 6.07) is 27.2. The number of nitrogens with one attached hydrogen (secondary N) is 2. The number of carbonyl (C=O) groups excluding carboxylic acids is 3. The summed E-state index contributed by atoms with van der Waals surface area (Å²) in [6.07, 6.45) is 0. The highest BCUT2D eigenvalue weighted by molar-refractivity contribution is 8.00. The third kappa shape index (κ3) is 5.78. The molecule has 0 aliphatic heterocycles. The molecule has 0 aromatic heterocycles. The normalized spacial score (nSPS) is 10.5. The molecule has 0 aliphatic carbocycles. The number of anilines is 2. The fourth-order valence-corrected chi connectivity index (χ4v) is 4.02. The zero-order valence-electron chi connectivity index (χ0n) is 17.6. The molecule has 3 amide bonds. The second kappa shape index (κ2) is 10.0. The summed E-state index contributed by atoms with van der Waals surface area (Å²) in [5, 5.41) is 7.78. The predicted octanol–water partition coefficient (Wildman–Crippen LogP) is 4.92. The van der Waals surface area contributed by atoms with Crippen molar-refractivity contribution >= 4 is 51.6 Å². The van der Waals surface area contributed by atoms with Crippen molar-refractivity contribution in [1.82, 2.24) is 0 Å². The Hall–Kier alpha value is -4.10. The molecular formula is C26H21N3O3S. The van der Waals surface area contributed by atoms with E-state index in [-0.39, 0.29) is 17.6 Å². The Morgan fingerprint density at radius 1 is 0.697 bits per heavy atom. The van der Waals surface area contributed by atoms with E-state index in [9.17, 15) is 14.4 Å². The molecule has 0 spiro atoms. The number of hydrogen-bond donors (Lipinski definition) is 3. The van der Waals surface area contributed by atoms with Crippen molar-refractivity contribution in [2.45, 2.75) is 4.90 Å². The Balaban J connectivity index is 1.34. The fourth-order valence-electron chi connectivity index (χ4n) is 3.26. The van der Waals surface area contributed by atoms with Crippen molar-refractivity contribution in [1.29, 1.82) is 0 Å². The van der Waals surface area contributed by atoms with E-state index in [1.54, 1.807) is 30.3 Å². The fraction of sp³-hybridized carbons (Fsp3) is 0.0385. The van der Waals surface area contributed by atoms with Crippen LogP contribution in [0.4, 0.5) is 11.4 Å². The van der Waals surface area contributed by atoms with E-state index < -0.39 is 5.91 Å². The maximum atomic E-state index is 12.7. The molecule has 0 fully saturated rings. The standard InChI is InChI=1S/C26H21N3O3S/c27-25(31)18-10-12-21(13-11-18)28-24(30)16-33-23-7-3-6-22(15-23)29-26(32)20-9-8-17-4-1-2-5-19(17)14-20/h1-15H,16H2,(H2,27,31)(H,28,30)(H,29,32). The van der Waals surface area contributed by atoms with E-state index in [0.29, 0.717) is 22.5 Å². The first kappa shape index (κ1) is 22.1. The molecule has 4 aromatic rings. The van der Waals surface area contributed by atoms with Gasteiger partial charge in [-0.15, -0.1) is 11.8 Å². The van der Waals surface area contributed by atoms with Crippen LogP contribution in [0, 0.1) is 0 Å². The number of benzene rings is 4. The van der Waals surface area contributed by atoms with Crippen molar-refractivity contribution in [2.75, 3.05) is 16.4 Å². The predicted molar refractivity (Wildman–Crippen MR) is 133 cm³/mol. The van der Waals surface area contributed by atoms with E-state index in [0.717, 1.165) is 15.7 Å². The smallest absolute Gasteiger partial charge is 0.255 e. The summed E-state index contributed by atoms with van der Waals surface area (Å²) in [7, 11) is 0. The zero-order chi connectivity index (χ0) is 23.2. The first-order chi connectivity index (χ1) is 16.0. The number of thioether (sulfide) groups is 1. The Labute approximate surface area is 195 Å². The van der Waals surface area contributed by atoms with Crippen LogP contribution in [0.3, 0.4) is 0 Å². The molecule has 6 nitrogen and oxygen atoms in total. The lowest BCUT2D eigenvalue weighted by molar-refractivity contribution is -0.113. The van der Waals surface area contributed by atoms with Crippen molar-refractivity contribution in [3.05, 3.63) is 102 Å². The van der Waals surface area contributed by atoms with Gasteiger partial charge in [0.05, 0.1) is 5.75 Å². The summed E-state index contributed by atoms with van der Waals surface area (Å²) in [6.45, 7) is 0. The molecular weight excluding hydrogens is 434 g/mol. The van der Waals surface area contributed by atoms with Gasteiger partial charge in [-0.1, -0.05) is 36.4 Å².